The zero-order valence-electron chi connectivity index (χ0n) is 12.0. The molecule has 1 saturated heterocycles. The van der Waals surface area contributed by atoms with Crippen LogP contribution < -0.4 is 0 Å². The standard InChI is InChI=1S/C16H23NO3/c1-14(13-20-16-9-5-6-10-19-16)11-17(18)12-15-7-3-2-4-8-15/h2-4,7-8,11,14,16H,5-6,9-10,12-13H2,1H3. The van der Waals surface area contributed by atoms with E-state index in [0.29, 0.717) is 13.2 Å². The molecule has 0 saturated carbocycles. The molecule has 4 nitrogen and oxygen atoms in total. The van der Waals surface area contributed by atoms with Crippen molar-refractivity contribution in [2.75, 3.05) is 13.2 Å². The van der Waals surface area contributed by atoms with Gasteiger partial charge in [-0.25, -0.2) is 4.74 Å². The summed E-state index contributed by atoms with van der Waals surface area (Å²) >= 11 is 0. The monoisotopic (exact) mass is 277 g/mol. The van der Waals surface area contributed by atoms with Crippen LogP contribution in [0.25, 0.3) is 0 Å². The molecule has 0 aromatic heterocycles. The molecule has 1 aliphatic rings. The first kappa shape index (κ1) is 15.0. The third-order valence-electron chi connectivity index (χ3n) is 3.28. The Kier molecular flexibility index (Phi) is 6.02. The van der Waals surface area contributed by atoms with Crippen LogP contribution in [0, 0.1) is 11.1 Å². The summed E-state index contributed by atoms with van der Waals surface area (Å²) in [7, 11) is 0. The van der Waals surface area contributed by atoms with Crippen molar-refractivity contribution in [3.05, 3.63) is 41.1 Å². The van der Waals surface area contributed by atoms with E-state index in [1.54, 1.807) is 6.21 Å². The van der Waals surface area contributed by atoms with Crippen molar-refractivity contribution in [2.45, 2.75) is 39.0 Å². The highest BCUT2D eigenvalue weighted by Crippen LogP contribution is 2.14. The molecule has 1 fully saturated rings. The van der Waals surface area contributed by atoms with E-state index in [1.165, 1.54) is 0 Å². The van der Waals surface area contributed by atoms with Crippen molar-refractivity contribution in [1.82, 2.24) is 0 Å². The van der Waals surface area contributed by atoms with E-state index >= 15 is 0 Å². The van der Waals surface area contributed by atoms with Gasteiger partial charge in [-0.15, -0.1) is 0 Å². The molecule has 2 atom stereocenters. The summed E-state index contributed by atoms with van der Waals surface area (Å²) in [5.41, 5.74) is 1.02. The molecular weight excluding hydrogens is 254 g/mol. The highest BCUT2D eigenvalue weighted by molar-refractivity contribution is 5.54. The summed E-state index contributed by atoms with van der Waals surface area (Å²) in [6.45, 7) is 3.67. The van der Waals surface area contributed by atoms with E-state index < -0.39 is 0 Å². The molecule has 4 heteroatoms. The lowest BCUT2D eigenvalue weighted by Crippen LogP contribution is -2.25. The Bertz CT molecular complexity index is 413. The highest BCUT2D eigenvalue weighted by Gasteiger charge is 2.15. The lowest BCUT2D eigenvalue weighted by molar-refractivity contribution is -0.472. The zero-order valence-corrected chi connectivity index (χ0v) is 12.0. The molecule has 20 heavy (non-hydrogen) atoms. The third kappa shape index (κ3) is 5.31. The first-order valence-corrected chi connectivity index (χ1v) is 7.30. The van der Waals surface area contributed by atoms with Crippen LogP contribution >= 0.6 is 0 Å². The largest absolute Gasteiger partial charge is 0.624 e. The van der Waals surface area contributed by atoms with E-state index in [9.17, 15) is 5.21 Å². The van der Waals surface area contributed by atoms with Gasteiger partial charge in [0.05, 0.1) is 12.5 Å². The fourth-order valence-corrected chi connectivity index (χ4v) is 2.24. The number of hydrogen-bond acceptors (Lipinski definition) is 3. The van der Waals surface area contributed by atoms with Crippen molar-refractivity contribution in [1.29, 1.82) is 0 Å². The number of benzene rings is 1. The van der Waals surface area contributed by atoms with Gasteiger partial charge in [-0.3, -0.25) is 0 Å². The fraction of sp³-hybridized carbons (Fsp3) is 0.562. The number of hydroxylamine groups is 1. The van der Waals surface area contributed by atoms with Gasteiger partial charge in [-0.2, -0.15) is 0 Å². The Morgan fingerprint density at radius 1 is 1.40 bits per heavy atom. The molecule has 0 N–H and O–H groups in total. The van der Waals surface area contributed by atoms with Gasteiger partial charge in [0.2, 0.25) is 0 Å². The van der Waals surface area contributed by atoms with E-state index in [2.05, 4.69) is 0 Å². The maximum absolute atomic E-state index is 11.8. The quantitative estimate of drug-likeness (QED) is 0.347. The molecule has 0 aliphatic carbocycles. The van der Waals surface area contributed by atoms with Gasteiger partial charge in [-0.05, 0) is 19.3 Å². The molecular formula is C16H23NO3. The van der Waals surface area contributed by atoms with Crippen LogP contribution in [0.3, 0.4) is 0 Å². The van der Waals surface area contributed by atoms with Gasteiger partial charge >= 0.3 is 0 Å². The Hall–Kier alpha value is -1.39. The minimum atomic E-state index is -0.0891. The van der Waals surface area contributed by atoms with Crippen LogP contribution in [0.1, 0.15) is 31.7 Å². The van der Waals surface area contributed by atoms with Gasteiger partial charge in [-0.1, -0.05) is 37.3 Å². The smallest absolute Gasteiger partial charge is 0.178 e. The van der Waals surface area contributed by atoms with Gasteiger partial charge in [0.1, 0.15) is 0 Å². The third-order valence-corrected chi connectivity index (χ3v) is 3.28. The predicted octanol–water partition coefficient (Wildman–Crippen LogP) is 2.95. The normalized spacial score (nSPS) is 21.6. The summed E-state index contributed by atoms with van der Waals surface area (Å²) in [5.74, 6) is 0.0849. The molecule has 1 aromatic rings. The number of nitrogens with zero attached hydrogens (tertiary/aromatic N) is 1. The molecule has 0 spiro atoms. The van der Waals surface area contributed by atoms with E-state index in [-0.39, 0.29) is 12.2 Å². The Labute approximate surface area is 120 Å². The topological polar surface area (TPSA) is 44.5 Å². The number of ether oxygens (including phenoxy) is 2. The second-order valence-electron chi connectivity index (χ2n) is 5.32. The van der Waals surface area contributed by atoms with E-state index in [4.69, 9.17) is 9.47 Å². The van der Waals surface area contributed by atoms with Crippen molar-refractivity contribution >= 4 is 6.21 Å². The minimum Gasteiger partial charge on any atom is -0.624 e. The van der Waals surface area contributed by atoms with Crippen LogP contribution in [0.2, 0.25) is 0 Å². The average Bonchev–Trinajstić information content (AvgIpc) is 2.47. The Morgan fingerprint density at radius 2 is 2.20 bits per heavy atom. The Balaban J connectivity index is 1.74. The first-order valence-electron chi connectivity index (χ1n) is 7.30. The summed E-state index contributed by atoms with van der Waals surface area (Å²) in [6, 6.07) is 9.74. The second kappa shape index (κ2) is 8.02. The molecule has 2 rings (SSSR count). The van der Waals surface area contributed by atoms with Crippen LogP contribution in [0.4, 0.5) is 0 Å². The summed E-state index contributed by atoms with van der Waals surface area (Å²) in [5, 5.41) is 11.8. The maximum Gasteiger partial charge on any atom is 0.178 e. The van der Waals surface area contributed by atoms with Gasteiger partial charge < -0.3 is 14.7 Å². The van der Waals surface area contributed by atoms with Crippen LogP contribution in [-0.4, -0.2) is 30.5 Å². The lowest BCUT2D eigenvalue weighted by Gasteiger charge is -2.23. The first-order chi connectivity index (χ1) is 9.74. The molecule has 2 unspecified atom stereocenters. The van der Waals surface area contributed by atoms with Crippen LogP contribution in [0.5, 0.6) is 0 Å². The van der Waals surface area contributed by atoms with Crippen LogP contribution in [0.15, 0.2) is 30.3 Å². The lowest BCUT2D eigenvalue weighted by atomic mass is 10.2. The molecule has 0 radical (unpaired) electrons. The SMILES string of the molecule is CC(C=[N+]([O-])Cc1ccccc1)COC1CCCCO1. The Morgan fingerprint density at radius 3 is 2.90 bits per heavy atom. The molecule has 0 amide bonds. The average molecular weight is 277 g/mol. The summed E-state index contributed by atoms with van der Waals surface area (Å²) < 4.78 is 12.2. The summed E-state index contributed by atoms with van der Waals surface area (Å²) in [4.78, 5) is 0. The highest BCUT2D eigenvalue weighted by atomic mass is 16.7. The number of rotatable bonds is 6. The maximum atomic E-state index is 11.8. The predicted molar refractivity (Wildman–Crippen MR) is 78.5 cm³/mol. The van der Waals surface area contributed by atoms with E-state index in [0.717, 1.165) is 36.2 Å². The van der Waals surface area contributed by atoms with Crippen molar-refractivity contribution < 1.29 is 14.2 Å². The zero-order chi connectivity index (χ0) is 14.2. The van der Waals surface area contributed by atoms with E-state index in [1.807, 2.05) is 37.3 Å². The van der Waals surface area contributed by atoms with Crippen molar-refractivity contribution in [3.8, 4) is 0 Å². The van der Waals surface area contributed by atoms with Crippen molar-refractivity contribution in [3.63, 3.8) is 0 Å². The van der Waals surface area contributed by atoms with Crippen LogP contribution in [-0.2, 0) is 16.0 Å². The second-order valence-corrected chi connectivity index (χ2v) is 5.32. The minimum absolute atomic E-state index is 0.0849. The molecule has 110 valence electrons. The molecule has 1 heterocycles. The molecule has 0 bridgehead atoms. The summed E-state index contributed by atoms with van der Waals surface area (Å²) in [6.07, 6.45) is 4.82. The molecule has 1 aromatic carbocycles. The molecule has 1 aliphatic heterocycles. The van der Waals surface area contributed by atoms with Gasteiger partial charge in [0.15, 0.2) is 19.0 Å². The fourth-order valence-electron chi connectivity index (χ4n) is 2.24. The van der Waals surface area contributed by atoms with Gasteiger partial charge in [0.25, 0.3) is 0 Å². The van der Waals surface area contributed by atoms with Gasteiger partial charge in [0, 0.05) is 12.2 Å². The number of hydrogen-bond donors (Lipinski definition) is 0. The van der Waals surface area contributed by atoms with Crippen molar-refractivity contribution in [2.24, 2.45) is 5.92 Å².